The molecule has 1 amide bonds. The van der Waals surface area contributed by atoms with Gasteiger partial charge in [0.15, 0.2) is 0 Å². The number of rotatable bonds is 6. The Bertz CT molecular complexity index is 1220. The molecule has 7 heteroatoms. The third kappa shape index (κ3) is 5.46. The molecule has 4 aromatic rings. The first-order valence-electron chi connectivity index (χ1n) is 9.81. The van der Waals surface area contributed by atoms with Gasteiger partial charge in [0.1, 0.15) is 10.7 Å². The topological polar surface area (TPSA) is 79.6 Å². The standard InChI is InChI=1S/C24H21N5OS/c1-16-6-9-18(10-7-16)28-29-22-13-17(2)8-11-20(22)27-23(30)14-19-15-31-24(26-19)21-5-3-4-12-25-21/h3-13,15H,14H2,1-2H3,(H,27,30). The fraction of sp³-hybridized carbons (Fsp3) is 0.125. The van der Waals surface area contributed by atoms with E-state index in [1.807, 2.05) is 79.9 Å². The van der Waals surface area contributed by atoms with E-state index in [0.717, 1.165) is 27.5 Å². The first-order valence-corrected chi connectivity index (χ1v) is 10.7. The van der Waals surface area contributed by atoms with Crippen molar-refractivity contribution in [1.82, 2.24) is 9.97 Å². The van der Waals surface area contributed by atoms with Gasteiger partial charge in [-0.2, -0.15) is 5.11 Å². The number of benzene rings is 2. The molecular weight excluding hydrogens is 406 g/mol. The maximum atomic E-state index is 12.6. The lowest BCUT2D eigenvalue weighted by Gasteiger charge is -2.08. The number of nitrogens with one attached hydrogen (secondary N) is 1. The van der Waals surface area contributed by atoms with Gasteiger partial charge in [0.25, 0.3) is 0 Å². The van der Waals surface area contributed by atoms with Gasteiger partial charge in [-0.25, -0.2) is 4.98 Å². The lowest BCUT2D eigenvalue weighted by atomic mass is 10.2. The summed E-state index contributed by atoms with van der Waals surface area (Å²) < 4.78 is 0. The average Bonchev–Trinajstić information content (AvgIpc) is 3.24. The maximum Gasteiger partial charge on any atom is 0.230 e. The molecule has 0 saturated heterocycles. The van der Waals surface area contributed by atoms with E-state index < -0.39 is 0 Å². The number of thiazole rings is 1. The number of pyridine rings is 1. The van der Waals surface area contributed by atoms with Crippen LogP contribution >= 0.6 is 11.3 Å². The molecule has 2 aromatic heterocycles. The average molecular weight is 428 g/mol. The lowest BCUT2D eigenvalue weighted by molar-refractivity contribution is -0.115. The van der Waals surface area contributed by atoms with Gasteiger partial charge in [0, 0.05) is 11.6 Å². The van der Waals surface area contributed by atoms with Crippen LogP contribution in [0.4, 0.5) is 17.1 Å². The minimum absolute atomic E-state index is 0.159. The Morgan fingerprint density at radius 1 is 1.00 bits per heavy atom. The van der Waals surface area contributed by atoms with Gasteiger partial charge in [0.2, 0.25) is 5.91 Å². The molecule has 0 aliphatic heterocycles. The van der Waals surface area contributed by atoms with Crippen molar-refractivity contribution in [3.8, 4) is 10.7 Å². The van der Waals surface area contributed by atoms with Crippen molar-refractivity contribution >= 4 is 34.3 Å². The summed E-state index contributed by atoms with van der Waals surface area (Å²) in [6.07, 6.45) is 1.90. The number of aryl methyl sites for hydroxylation is 2. The van der Waals surface area contributed by atoms with Crippen LogP contribution in [0, 0.1) is 13.8 Å². The second-order valence-corrected chi connectivity index (χ2v) is 8.00. The second-order valence-electron chi connectivity index (χ2n) is 7.14. The van der Waals surface area contributed by atoms with E-state index in [1.54, 1.807) is 6.20 Å². The number of anilines is 1. The minimum atomic E-state index is -0.159. The van der Waals surface area contributed by atoms with Gasteiger partial charge < -0.3 is 5.32 Å². The van der Waals surface area contributed by atoms with Crippen molar-refractivity contribution in [1.29, 1.82) is 0 Å². The second kappa shape index (κ2) is 9.40. The van der Waals surface area contributed by atoms with Crippen molar-refractivity contribution in [2.45, 2.75) is 20.3 Å². The zero-order valence-corrected chi connectivity index (χ0v) is 18.1. The summed E-state index contributed by atoms with van der Waals surface area (Å²) in [5.41, 5.74) is 5.70. The van der Waals surface area contributed by atoms with Crippen LogP contribution in [0.5, 0.6) is 0 Å². The fourth-order valence-corrected chi connectivity index (χ4v) is 3.70. The molecule has 0 spiro atoms. The quantitative estimate of drug-likeness (QED) is 0.361. The number of hydrogen-bond acceptors (Lipinski definition) is 6. The molecule has 0 saturated carbocycles. The van der Waals surface area contributed by atoms with Crippen LogP contribution in [0.15, 0.2) is 82.5 Å². The molecule has 1 N–H and O–H groups in total. The van der Waals surface area contributed by atoms with Crippen LogP contribution in [0.1, 0.15) is 16.8 Å². The Kier molecular flexibility index (Phi) is 6.24. The van der Waals surface area contributed by atoms with E-state index in [2.05, 4.69) is 25.5 Å². The third-order valence-corrected chi connectivity index (χ3v) is 5.43. The van der Waals surface area contributed by atoms with Gasteiger partial charge in [-0.1, -0.05) is 29.8 Å². The van der Waals surface area contributed by atoms with E-state index in [0.29, 0.717) is 17.1 Å². The smallest absolute Gasteiger partial charge is 0.230 e. The van der Waals surface area contributed by atoms with Crippen LogP contribution in [0.25, 0.3) is 10.7 Å². The van der Waals surface area contributed by atoms with Crippen molar-refractivity contribution in [2.24, 2.45) is 10.2 Å². The highest BCUT2D eigenvalue weighted by atomic mass is 32.1. The first kappa shape index (κ1) is 20.6. The van der Waals surface area contributed by atoms with Crippen LogP contribution in [-0.4, -0.2) is 15.9 Å². The number of nitrogens with zero attached hydrogens (tertiary/aromatic N) is 4. The largest absolute Gasteiger partial charge is 0.324 e. The Balaban J connectivity index is 1.47. The number of carbonyl (C=O) groups is 1. The molecule has 0 aliphatic carbocycles. The van der Waals surface area contributed by atoms with E-state index in [9.17, 15) is 4.79 Å². The summed E-state index contributed by atoms with van der Waals surface area (Å²) in [7, 11) is 0. The zero-order chi connectivity index (χ0) is 21.6. The van der Waals surface area contributed by atoms with Crippen LogP contribution in [-0.2, 0) is 11.2 Å². The van der Waals surface area contributed by atoms with Crippen molar-refractivity contribution in [2.75, 3.05) is 5.32 Å². The molecule has 2 aromatic carbocycles. The van der Waals surface area contributed by atoms with Gasteiger partial charge in [-0.15, -0.1) is 16.5 Å². The number of amides is 1. The molecule has 0 unspecified atom stereocenters. The molecule has 2 heterocycles. The number of aromatic nitrogens is 2. The fourth-order valence-electron chi connectivity index (χ4n) is 2.91. The molecule has 0 bridgehead atoms. The summed E-state index contributed by atoms with van der Waals surface area (Å²) >= 11 is 1.48. The van der Waals surface area contributed by atoms with E-state index in [-0.39, 0.29) is 12.3 Å². The number of carbonyl (C=O) groups excluding carboxylic acids is 1. The maximum absolute atomic E-state index is 12.6. The van der Waals surface area contributed by atoms with Crippen LogP contribution < -0.4 is 5.32 Å². The molecular formula is C24H21N5OS. The Morgan fingerprint density at radius 2 is 1.81 bits per heavy atom. The molecule has 6 nitrogen and oxygen atoms in total. The third-order valence-electron chi connectivity index (χ3n) is 4.51. The van der Waals surface area contributed by atoms with Crippen molar-refractivity contribution in [3.05, 3.63) is 89.1 Å². The summed E-state index contributed by atoms with van der Waals surface area (Å²) in [5, 5.41) is 14.3. The predicted octanol–water partition coefficient (Wildman–Crippen LogP) is 6.42. The van der Waals surface area contributed by atoms with Crippen molar-refractivity contribution < 1.29 is 4.79 Å². The number of hydrogen-bond donors (Lipinski definition) is 1. The first-order chi connectivity index (χ1) is 15.1. The molecule has 0 aliphatic rings. The Morgan fingerprint density at radius 3 is 2.58 bits per heavy atom. The van der Waals surface area contributed by atoms with Gasteiger partial charge >= 0.3 is 0 Å². The van der Waals surface area contributed by atoms with Gasteiger partial charge in [-0.05, 0) is 55.8 Å². The molecule has 154 valence electrons. The van der Waals surface area contributed by atoms with E-state index >= 15 is 0 Å². The normalized spacial score (nSPS) is 11.0. The zero-order valence-electron chi connectivity index (χ0n) is 17.2. The Labute approximate surface area is 184 Å². The predicted molar refractivity (Wildman–Crippen MR) is 124 cm³/mol. The van der Waals surface area contributed by atoms with Gasteiger partial charge in [-0.3, -0.25) is 9.78 Å². The van der Waals surface area contributed by atoms with E-state index in [1.165, 1.54) is 11.3 Å². The summed E-state index contributed by atoms with van der Waals surface area (Å²) in [4.78, 5) is 21.5. The molecule has 0 fully saturated rings. The lowest BCUT2D eigenvalue weighted by Crippen LogP contribution is -2.14. The SMILES string of the molecule is Cc1ccc(N=Nc2cc(C)ccc2NC(=O)Cc2csc(-c3ccccn3)n2)cc1. The highest BCUT2D eigenvalue weighted by molar-refractivity contribution is 7.13. The molecule has 4 rings (SSSR count). The van der Waals surface area contributed by atoms with Gasteiger partial charge in [0.05, 0.1) is 29.2 Å². The Hall–Kier alpha value is -3.71. The minimum Gasteiger partial charge on any atom is -0.324 e. The highest BCUT2D eigenvalue weighted by Crippen LogP contribution is 2.29. The number of azo groups is 1. The summed E-state index contributed by atoms with van der Waals surface area (Å²) in [6, 6.07) is 19.2. The van der Waals surface area contributed by atoms with Crippen LogP contribution in [0.2, 0.25) is 0 Å². The highest BCUT2D eigenvalue weighted by Gasteiger charge is 2.12. The van der Waals surface area contributed by atoms with Crippen LogP contribution in [0.3, 0.4) is 0 Å². The molecule has 31 heavy (non-hydrogen) atoms. The molecule has 0 atom stereocenters. The van der Waals surface area contributed by atoms with E-state index in [4.69, 9.17) is 0 Å². The monoisotopic (exact) mass is 427 g/mol. The molecule has 0 radical (unpaired) electrons. The van der Waals surface area contributed by atoms with Crippen molar-refractivity contribution in [3.63, 3.8) is 0 Å². The summed E-state index contributed by atoms with van der Waals surface area (Å²) in [6.45, 7) is 4.00. The summed E-state index contributed by atoms with van der Waals surface area (Å²) in [5.74, 6) is -0.159.